The van der Waals surface area contributed by atoms with Crippen molar-refractivity contribution in [2.75, 3.05) is 13.1 Å². The second kappa shape index (κ2) is 6.10. The van der Waals surface area contributed by atoms with Crippen molar-refractivity contribution in [3.8, 4) is 0 Å². The quantitative estimate of drug-likeness (QED) is 0.914. The third-order valence-electron chi connectivity index (χ3n) is 5.90. The van der Waals surface area contributed by atoms with E-state index in [1.807, 2.05) is 0 Å². The zero-order valence-corrected chi connectivity index (χ0v) is 13.5. The molecule has 1 aliphatic carbocycles. The highest BCUT2D eigenvalue weighted by molar-refractivity contribution is 5.27. The molecule has 1 N–H and O–H groups in total. The normalized spacial score (nSPS) is 33.1. The maximum Gasteiger partial charge on any atom is 0.0688 e. The molecule has 2 nitrogen and oxygen atoms in total. The molecule has 0 amide bonds. The summed E-state index contributed by atoms with van der Waals surface area (Å²) < 4.78 is 0. The van der Waals surface area contributed by atoms with Gasteiger partial charge in [0.1, 0.15) is 0 Å². The second-order valence-corrected chi connectivity index (χ2v) is 7.03. The van der Waals surface area contributed by atoms with E-state index in [0.29, 0.717) is 11.8 Å². The Labute approximate surface area is 129 Å². The summed E-state index contributed by atoms with van der Waals surface area (Å²) in [6.45, 7) is 7.69. The van der Waals surface area contributed by atoms with Crippen LogP contribution in [0.4, 0.5) is 0 Å². The van der Waals surface area contributed by atoms with E-state index in [1.165, 1.54) is 30.5 Å². The van der Waals surface area contributed by atoms with Gasteiger partial charge < -0.3 is 5.11 Å². The summed E-state index contributed by atoms with van der Waals surface area (Å²) in [5.74, 6) is 1.20. The van der Waals surface area contributed by atoms with Crippen LogP contribution >= 0.6 is 0 Å². The number of fused-ring (bicyclic) bond motifs is 1. The fourth-order valence-corrected chi connectivity index (χ4v) is 4.58. The highest BCUT2D eigenvalue weighted by atomic mass is 16.3. The molecule has 0 radical (unpaired) electrons. The summed E-state index contributed by atoms with van der Waals surface area (Å²) >= 11 is 0. The Bertz CT molecular complexity index is 486. The Balaban J connectivity index is 1.72. The maximum absolute atomic E-state index is 10.9. The zero-order valence-electron chi connectivity index (χ0n) is 13.5. The highest BCUT2D eigenvalue weighted by Crippen LogP contribution is 2.44. The third kappa shape index (κ3) is 2.89. The molecule has 1 heterocycles. The Morgan fingerprint density at radius 3 is 2.67 bits per heavy atom. The van der Waals surface area contributed by atoms with Gasteiger partial charge in [0.15, 0.2) is 0 Å². The molecule has 1 aromatic rings. The molecule has 1 aromatic carbocycles. The molecule has 1 aliphatic heterocycles. The predicted octanol–water partition coefficient (Wildman–Crippen LogP) is 3.62. The highest BCUT2D eigenvalue weighted by Gasteiger charge is 2.47. The van der Waals surface area contributed by atoms with Crippen molar-refractivity contribution in [3.05, 3.63) is 35.4 Å². The van der Waals surface area contributed by atoms with Gasteiger partial charge in [0.25, 0.3) is 0 Å². The molecule has 21 heavy (non-hydrogen) atoms. The minimum atomic E-state index is -0.401. The average molecular weight is 287 g/mol. The van der Waals surface area contributed by atoms with Gasteiger partial charge in [0, 0.05) is 25.6 Å². The number of aliphatic hydroxyl groups is 1. The summed E-state index contributed by atoms with van der Waals surface area (Å²) in [6.07, 6.45) is 5.52. The van der Waals surface area contributed by atoms with Gasteiger partial charge >= 0.3 is 0 Å². The average Bonchev–Trinajstić information content (AvgIpc) is 2.92. The zero-order chi connectivity index (χ0) is 14.9. The topological polar surface area (TPSA) is 23.5 Å². The minimum absolute atomic E-state index is 0.401. The molecular formula is C19H29NO. The summed E-state index contributed by atoms with van der Waals surface area (Å²) in [7, 11) is 0. The molecular weight excluding hydrogens is 258 g/mol. The smallest absolute Gasteiger partial charge is 0.0688 e. The van der Waals surface area contributed by atoms with Gasteiger partial charge in [-0.1, -0.05) is 44.5 Å². The number of benzene rings is 1. The van der Waals surface area contributed by atoms with E-state index in [9.17, 15) is 5.11 Å². The van der Waals surface area contributed by atoms with Crippen LogP contribution in [0.3, 0.4) is 0 Å². The van der Waals surface area contributed by atoms with E-state index < -0.39 is 5.60 Å². The summed E-state index contributed by atoms with van der Waals surface area (Å²) in [6, 6.07) is 8.82. The van der Waals surface area contributed by atoms with Crippen molar-refractivity contribution in [2.45, 2.75) is 58.1 Å². The van der Waals surface area contributed by atoms with Crippen molar-refractivity contribution < 1.29 is 5.11 Å². The lowest BCUT2D eigenvalue weighted by Crippen LogP contribution is -2.44. The first-order chi connectivity index (χ1) is 10.2. The van der Waals surface area contributed by atoms with E-state index >= 15 is 0 Å². The Hall–Kier alpha value is -0.860. The van der Waals surface area contributed by atoms with Gasteiger partial charge in [0.2, 0.25) is 0 Å². The van der Waals surface area contributed by atoms with Crippen molar-refractivity contribution in [1.82, 2.24) is 4.90 Å². The van der Waals surface area contributed by atoms with E-state index in [1.54, 1.807) is 0 Å². The molecule has 2 heteroatoms. The first-order valence-corrected chi connectivity index (χ1v) is 8.67. The molecule has 2 fully saturated rings. The first-order valence-electron chi connectivity index (χ1n) is 8.67. The van der Waals surface area contributed by atoms with Crippen LogP contribution < -0.4 is 0 Å². The number of likely N-dealkylation sites (tertiary alicyclic amines) is 1. The number of hydrogen-bond acceptors (Lipinski definition) is 2. The molecule has 0 unspecified atom stereocenters. The van der Waals surface area contributed by atoms with Crippen LogP contribution in [0.25, 0.3) is 0 Å². The Morgan fingerprint density at radius 2 is 1.95 bits per heavy atom. The van der Waals surface area contributed by atoms with E-state index in [-0.39, 0.29) is 0 Å². The molecule has 1 saturated heterocycles. The number of rotatable bonds is 4. The maximum atomic E-state index is 10.9. The summed E-state index contributed by atoms with van der Waals surface area (Å²) in [5, 5.41) is 10.9. The molecule has 1 saturated carbocycles. The minimum Gasteiger partial charge on any atom is -0.390 e. The van der Waals surface area contributed by atoms with E-state index in [4.69, 9.17) is 0 Å². The van der Waals surface area contributed by atoms with E-state index in [0.717, 1.165) is 32.4 Å². The third-order valence-corrected chi connectivity index (χ3v) is 5.90. The van der Waals surface area contributed by atoms with E-state index in [2.05, 4.69) is 43.0 Å². The summed E-state index contributed by atoms with van der Waals surface area (Å²) in [4.78, 5) is 2.58. The van der Waals surface area contributed by atoms with Gasteiger partial charge in [-0.25, -0.2) is 0 Å². The Morgan fingerprint density at radius 1 is 1.19 bits per heavy atom. The number of aryl methyl sites for hydroxylation is 1. The lowest BCUT2D eigenvalue weighted by Gasteiger charge is -2.40. The van der Waals surface area contributed by atoms with Crippen LogP contribution in [0.15, 0.2) is 24.3 Å². The van der Waals surface area contributed by atoms with Crippen molar-refractivity contribution in [3.63, 3.8) is 0 Å². The summed E-state index contributed by atoms with van der Waals surface area (Å²) in [5.41, 5.74) is 2.54. The monoisotopic (exact) mass is 287 g/mol. The Kier molecular flexibility index (Phi) is 4.37. The lowest BCUT2D eigenvalue weighted by molar-refractivity contribution is -0.0613. The fraction of sp³-hybridized carbons (Fsp3) is 0.684. The number of nitrogens with zero attached hydrogens (tertiary/aromatic N) is 1. The standard InChI is InChI=1S/C19H29NO/c1-3-15-8-5-6-9-16(15)12-20-13-17-10-7-11-19(21,4-2)18(17)14-20/h5-6,8-9,17-18,21H,3-4,7,10-14H2,1-2H3/t17-,18+,19-/m1/s1. The molecule has 3 rings (SSSR count). The lowest BCUT2D eigenvalue weighted by atomic mass is 9.69. The number of hydrogen-bond donors (Lipinski definition) is 1. The van der Waals surface area contributed by atoms with Gasteiger partial charge in [-0.2, -0.15) is 0 Å². The van der Waals surface area contributed by atoms with Crippen molar-refractivity contribution in [2.24, 2.45) is 11.8 Å². The van der Waals surface area contributed by atoms with Crippen LogP contribution in [0.2, 0.25) is 0 Å². The van der Waals surface area contributed by atoms with Crippen LogP contribution in [0, 0.1) is 11.8 Å². The molecule has 2 aliphatic rings. The van der Waals surface area contributed by atoms with Gasteiger partial charge in [-0.15, -0.1) is 0 Å². The van der Waals surface area contributed by atoms with Gasteiger partial charge in [-0.3, -0.25) is 4.90 Å². The first kappa shape index (κ1) is 15.1. The van der Waals surface area contributed by atoms with Crippen molar-refractivity contribution >= 4 is 0 Å². The van der Waals surface area contributed by atoms with Crippen LogP contribution in [-0.4, -0.2) is 28.7 Å². The van der Waals surface area contributed by atoms with Gasteiger partial charge in [0.05, 0.1) is 5.60 Å². The molecule has 0 spiro atoms. The predicted molar refractivity (Wildman–Crippen MR) is 87.2 cm³/mol. The molecule has 0 bridgehead atoms. The molecule has 0 aromatic heterocycles. The SMILES string of the molecule is CCc1ccccc1CN1C[C@H]2CCC[C@](O)(CC)[C@H]2C1. The molecule has 3 atom stereocenters. The van der Waals surface area contributed by atoms with Crippen molar-refractivity contribution in [1.29, 1.82) is 0 Å². The van der Waals surface area contributed by atoms with Gasteiger partial charge in [-0.05, 0) is 42.7 Å². The van der Waals surface area contributed by atoms with Crippen LogP contribution in [0.5, 0.6) is 0 Å². The second-order valence-electron chi connectivity index (χ2n) is 7.03. The fourth-order valence-electron chi connectivity index (χ4n) is 4.58. The largest absolute Gasteiger partial charge is 0.390 e. The van der Waals surface area contributed by atoms with Crippen LogP contribution in [-0.2, 0) is 13.0 Å². The van der Waals surface area contributed by atoms with Crippen LogP contribution in [0.1, 0.15) is 50.7 Å². The molecule has 116 valence electrons.